The molecule has 2 N–H and O–H groups in total. The van der Waals surface area contributed by atoms with Crippen LogP contribution in [-0.2, 0) is 18.2 Å². The van der Waals surface area contributed by atoms with Crippen LogP contribution in [-0.4, -0.2) is 126 Å². The number of unbranched alkanes of at least 4 members (excludes halogenated alkanes) is 2. The smallest absolute Gasteiger partial charge is 0.316 e. The number of hydrogen-bond acceptors (Lipinski definition) is 5. The van der Waals surface area contributed by atoms with E-state index in [0.29, 0.717) is 12.8 Å². The molecule has 0 spiro atoms. The molecule has 0 aliphatic carbocycles. The molecule has 11 heteroatoms. The molecule has 106 valence electrons. The SMILES string of the molecule is CCCCOP(=O)(O)SP(=O)(O)OCCCC.[K].[K]. The van der Waals surface area contributed by atoms with Crippen molar-refractivity contribution < 1.29 is 28.0 Å². The second-order valence-electron chi connectivity index (χ2n) is 3.39. The van der Waals surface area contributed by atoms with Crippen molar-refractivity contribution in [2.45, 2.75) is 39.5 Å². The van der Waals surface area contributed by atoms with E-state index >= 15 is 0 Å². The fraction of sp³-hybridized carbons (Fsp3) is 1.00. The van der Waals surface area contributed by atoms with E-state index in [1.165, 1.54) is 0 Å². The van der Waals surface area contributed by atoms with Crippen LogP contribution in [0, 0.1) is 0 Å². The number of hydrogen-bond donors (Lipinski definition) is 2. The van der Waals surface area contributed by atoms with Crippen LogP contribution in [0.2, 0.25) is 0 Å². The van der Waals surface area contributed by atoms with Crippen LogP contribution >= 0.6 is 24.6 Å². The van der Waals surface area contributed by atoms with E-state index in [-0.39, 0.29) is 127 Å². The second kappa shape index (κ2) is 15.5. The summed E-state index contributed by atoms with van der Waals surface area (Å²) in [5, 5.41) is 0. The Morgan fingerprint density at radius 1 is 0.895 bits per heavy atom. The molecule has 2 atom stereocenters. The summed E-state index contributed by atoms with van der Waals surface area (Å²) in [7, 11) is 0. The zero-order valence-corrected chi connectivity index (χ0v) is 20.9. The van der Waals surface area contributed by atoms with Crippen molar-refractivity contribution >= 4 is 127 Å². The molecule has 0 aromatic rings. The van der Waals surface area contributed by atoms with E-state index in [1.807, 2.05) is 13.8 Å². The van der Waals surface area contributed by atoms with Gasteiger partial charge in [0.05, 0.1) is 24.2 Å². The van der Waals surface area contributed by atoms with Gasteiger partial charge in [-0.3, -0.25) is 0 Å². The van der Waals surface area contributed by atoms with Gasteiger partial charge in [-0.2, -0.15) is 0 Å². The van der Waals surface area contributed by atoms with Crippen molar-refractivity contribution in [1.82, 2.24) is 0 Å². The average molecular weight is 384 g/mol. The third kappa shape index (κ3) is 18.1. The van der Waals surface area contributed by atoms with E-state index in [0.717, 1.165) is 12.8 Å². The van der Waals surface area contributed by atoms with Crippen LogP contribution in [0.25, 0.3) is 0 Å². The molecule has 0 rings (SSSR count). The maximum Gasteiger partial charge on any atom is 0.397 e. The van der Waals surface area contributed by atoms with Gasteiger partial charge in [0.25, 0.3) is 0 Å². The predicted octanol–water partition coefficient (Wildman–Crippen LogP) is 2.79. The molecule has 19 heavy (non-hydrogen) atoms. The van der Waals surface area contributed by atoms with E-state index < -0.39 is 13.6 Å². The quantitative estimate of drug-likeness (QED) is 0.340. The summed E-state index contributed by atoms with van der Waals surface area (Å²) >= 11 is -0.0172. The van der Waals surface area contributed by atoms with Gasteiger partial charge >= 0.3 is 13.6 Å². The molecule has 0 aromatic carbocycles. The van der Waals surface area contributed by atoms with E-state index in [4.69, 9.17) is 0 Å². The Bertz CT molecular complexity index is 279. The molecule has 0 aromatic heterocycles. The molecule has 0 aliphatic heterocycles. The first-order valence-corrected chi connectivity index (χ1v) is 10.7. The maximum absolute atomic E-state index is 11.4. The van der Waals surface area contributed by atoms with E-state index in [1.54, 1.807) is 0 Å². The van der Waals surface area contributed by atoms with Gasteiger partial charge in [0.2, 0.25) is 0 Å². The second-order valence-corrected chi connectivity index (χ2v) is 10.7. The molecule has 2 radical (unpaired) electrons. The largest absolute Gasteiger partial charge is 0.397 e. The van der Waals surface area contributed by atoms with Crippen molar-refractivity contribution in [1.29, 1.82) is 0 Å². The van der Waals surface area contributed by atoms with Gasteiger partial charge in [0, 0.05) is 103 Å². The van der Waals surface area contributed by atoms with Crippen molar-refractivity contribution in [2.75, 3.05) is 13.2 Å². The molecule has 0 aliphatic rings. The van der Waals surface area contributed by atoms with Crippen molar-refractivity contribution in [3.63, 3.8) is 0 Å². The van der Waals surface area contributed by atoms with Crippen LogP contribution in [0.4, 0.5) is 0 Å². The summed E-state index contributed by atoms with van der Waals surface area (Å²) in [4.78, 5) is 18.6. The Kier molecular flexibility index (Phi) is 22.6. The van der Waals surface area contributed by atoms with Crippen molar-refractivity contribution in [3.05, 3.63) is 0 Å². The average Bonchev–Trinajstić information content (AvgIpc) is 2.16. The van der Waals surface area contributed by atoms with Gasteiger partial charge in [-0.15, -0.1) is 0 Å². The van der Waals surface area contributed by atoms with Crippen LogP contribution in [0.1, 0.15) is 39.5 Å². The van der Waals surface area contributed by atoms with Gasteiger partial charge < -0.3 is 18.8 Å². The monoisotopic (exact) mass is 384 g/mol. The zero-order chi connectivity index (χ0) is 13.4. The first-order chi connectivity index (χ1) is 7.83. The first kappa shape index (κ1) is 27.8. The van der Waals surface area contributed by atoms with Gasteiger partial charge in [-0.25, -0.2) is 9.13 Å². The summed E-state index contributed by atoms with van der Waals surface area (Å²) in [6.07, 6.45) is 2.87. The third-order valence-corrected chi connectivity index (χ3v) is 8.73. The molecule has 0 bridgehead atoms. The van der Waals surface area contributed by atoms with E-state index in [9.17, 15) is 18.9 Å². The van der Waals surface area contributed by atoms with Crippen LogP contribution < -0.4 is 0 Å². The van der Waals surface area contributed by atoms with E-state index in [2.05, 4.69) is 9.05 Å². The van der Waals surface area contributed by atoms with Gasteiger partial charge in [0.15, 0.2) is 0 Å². The predicted molar refractivity (Wildman–Crippen MR) is 80.5 cm³/mol. The Hall–Kier alpha value is 3.92. The first-order valence-electron chi connectivity index (χ1n) is 5.49. The van der Waals surface area contributed by atoms with Gasteiger partial charge in [-0.1, -0.05) is 26.7 Å². The summed E-state index contributed by atoms with van der Waals surface area (Å²) in [6.45, 7) is -4.24. The summed E-state index contributed by atoms with van der Waals surface area (Å²) in [5.41, 5.74) is 0. The standard InChI is InChI=1S/C8H20O6P2S.2K/c1-3-5-7-13-15(9,10)17-16(11,12)14-8-6-4-2;;/h3-8H2,1-2H3,(H,9,10)(H,11,12);;. The van der Waals surface area contributed by atoms with Crippen LogP contribution in [0.5, 0.6) is 0 Å². The van der Waals surface area contributed by atoms with Crippen LogP contribution in [0.3, 0.4) is 0 Å². The molecule has 0 fully saturated rings. The molecule has 0 heterocycles. The summed E-state index contributed by atoms with van der Waals surface area (Å²) in [5.74, 6) is 0. The summed E-state index contributed by atoms with van der Waals surface area (Å²) in [6, 6.07) is 0. The molecule has 0 saturated carbocycles. The molecule has 0 amide bonds. The molecular weight excluding hydrogens is 364 g/mol. The molecule has 6 nitrogen and oxygen atoms in total. The Balaban J connectivity index is -0.00000128. The van der Waals surface area contributed by atoms with Crippen LogP contribution in [0.15, 0.2) is 0 Å². The summed E-state index contributed by atoms with van der Waals surface area (Å²) < 4.78 is 32.2. The topological polar surface area (TPSA) is 93.1 Å². The Morgan fingerprint density at radius 2 is 1.21 bits per heavy atom. The minimum absolute atomic E-state index is 0. The Labute approximate surface area is 204 Å². The van der Waals surface area contributed by atoms with Crippen molar-refractivity contribution in [2.24, 2.45) is 0 Å². The van der Waals surface area contributed by atoms with Crippen molar-refractivity contribution in [3.8, 4) is 0 Å². The van der Waals surface area contributed by atoms with Gasteiger partial charge in [0.1, 0.15) is 0 Å². The molecular formula is C8H20K2O6P2S. The molecule has 2 unspecified atom stereocenters. The third-order valence-electron chi connectivity index (χ3n) is 1.71. The normalized spacial score (nSPS) is 16.6. The zero-order valence-electron chi connectivity index (χ0n) is 12.1. The fourth-order valence-corrected chi connectivity index (χ4v) is 6.61. The maximum atomic E-state index is 11.4. The Morgan fingerprint density at radius 3 is 1.47 bits per heavy atom. The molecule has 0 saturated heterocycles. The fourth-order valence-electron chi connectivity index (χ4n) is 0.826. The van der Waals surface area contributed by atoms with Gasteiger partial charge in [-0.05, 0) is 12.8 Å². The minimum atomic E-state index is -4.11. The number of rotatable bonds is 10. The minimum Gasteiger partial charge on any atom is -0.316 e.